The van der Waals surface area contributed by atoms with Gasteiger partial charge in [-0.3, -0.25) is 15.0 Å². The largest absolute Gasteiger partial charge is 0.384 e. The van der Waals surface area contributed by atoms with Crippen LogP contribution in [0.15, 0.2) is 66.2 Å². The second-order valence-corrected chi connectivity index (χ2v) is 7.14. The Balaban J connectivity index is 1.57. The molecular formula is C23H26N4O2. The predicted molar refractivity (Wildman–Crippen MR) is 113 cm³/mol. The van der Waals surface area contributed by atoms with Gasteiger partial charge in [0.2, 0.25) is 11.8 Å². The van der Waals surface area contributed by atoms with Crippen molar-refractivity contribution in [3.8, 4) is 0 Å². The van der Waals surface area contributed by atoms with Gasteiger partial charge in [-0.1, -0.05) is 60.7 Å². The van der Waals surface area contributed by atoms with Crippen LogP contribution in [0.3, 0.4) is 0 Å². The average molecular weight is 390 g/mol. The van der Waals surface area contributed by atoms with E-state index in [1.807, 2.05) is 48.5 Å². The number of nitrogens with one attached hydrogen (secondary N) is 3. The summed E-state index contributed by atoms with van der Waals surface area (Å²) in [5, 5.41) is 13.3. The zero-order chi connectivity index (χ0) is 20.6. The molecule has 1 aliphatic rings. The summed E-state index contributed by atoms with van der Waals surface area (Å²) in [4.78, 5) is 25.4. The number of allylic oxidation sites excluding steroid dienone is 1. The standard InChI is InChI=1S/C23H26N4O2/c24-21(25)18-12-10-17(11-13-18)15-27-23(29)20-9-5-4-8-19(20)22(28)26-14-16-6-2-1-3-7-16/h1-3,6-8,10-13,20H,4-5,9,14-15H2,(H3,24,25)(H,26,28)(H,27,29). The molecule has 0 bridgehead atoms. The Kier molecular flexibility index (Phi) is 6.79. The minimum atomic E-state index is -0.434. The number of hydrogen-bond donors (Lipinski definition) is 4. The second-order valence-electron chi connectivity index (χ2n) is 7.14. The monoisotopic (exact) mass is 390 g/mol. The lowest BCUT2D eigenvalue weighted by atomic mass is 9.86. The van der Waals surface area contributed by atoms with Crippen molar-refractivity contribution in [3.05, 3.63) is 82.9 Å². The van der Waals surface area contributed by atoms with Gasteiger partial charge in [-0.15, -0.1) is 0 Å². The summed E-state index contributed by atoms with van der Waals surface area (Å²) in [6.07, 6.45) is 4.25. The summed E-state index contributed by atoms with van der Waals surface area (Å²) in [5.74, 6) is -0.740. The normalized spacial score (nSPS) is 15.9. The topological polar surface area (TPSA) is 108 Å². The highest BCUT2D eigenvalue weighted by Crippen LogP contribution is 2.25. The van der Waals surface area contributed by atoms with Gasteiger partial charge in [0.1, 0.15) is 5.84 Å². The van der Waals surface area contributed by atoms with Crippen LogP contribution in [-0.4, -0.2) is 17.6 Å². The average Bonchev–Trinajstić information content (AvgIpc) is 2.76. The molecule has 5 N–H and O–H groups in total. The third-order valence-corrected chi connectivity index (χ3v) is 5.04. The van der Waals surface area contributed by atoms with Crippen molar-refractivity contribution in [1.29, 1.82) is 5.41 Å². The molecular weight excluding hydrogens is 364 g/mol. The van der Waals surface area contributed by atoms with Gasteiger partial charge in [-0.05, 0) is 30.4 Å². The summed E-state index contributed by atoms with van der Waals surface area (Å²) in [6.45, 7) is 0.806. The Bertz CT molecular complexity index is 904. The van der Waals surface area contributed by atoms with E-state index < -0.39 is 5.92 Å². The van der Waals surface area contributed by atoms with Crippen molar-refractivity contribution in [2.75, 3.05) is 0 Å². The Morgan fingerprint density at radius 3 is 2.31 bits per heavy atom. The molecule has 29 heavy (non-hydrogen) atoms. The predicted octanol–water partition coefficient (Wildman–Crippen LogP) is 2.63. The molecule has 0 aliphatic heterocycles. The van der Waals surface area contributed by atoms with Crippen molar-refractivity contribution in [2.45, 2.75) is 32.4 Å². The number of benzene rings is 2. The van der Waals surface area contributed by atoms with Crippen LogP contribution in [0.2, 0.25) is 0 Å². The van der Waals surface area contributed by atoms with E-state index >= 15 is 0 Å². The highest BCUT2D eigenvalue weighted by Gasteiger charge is 2.29. The maximum absolute atomic E-state index is 12.7. The highest BCUT2D eigenvalue weighted by atomic mass is 16.2. The number of carbonyl (C=O) groups excluding carboxylic acids is 2. The molecule has 1 atom stereocenters. The number of nitrogens with two attached hydrogens (primary N) is 1. The van der Waals surface area contributed by atoms with Gasteiger partial charge in [-0.25, -0.2) is 0 Å². The maximum Gasteiger partial charge on any atom is 0.247 e. The number of nitrogen functional groups attached to an aromatic ring is 1. The zero-order valence-corrected chi connectivity index (χ0v) is 16.3. The Morgan fingerprint density at radius 1 is 0.966 bits per heavy atom. The number of hydrogen-bond acceptors (Lipinski definition) is 3. The number of rotatable bonds is 7. The first-order chi connectivity index (χ1) is 14.0. The van der Waals surface area contributed by atoms with Crippen molar-refractivity contribution in [2.24, 2.45) is 11.7 Å². The van der Waals surface area contributed by atoms with Gasteiger partial charge < -0.3 is 16.4 Å². The summed E-state index contributed by atoms with van der Waals surface area (Å²) < 4.78 is 0. The van der Waals surface area contributed by atoms with Crippen LogP contribution in [0.25, 0.3) is 0 Å². The Hall–Kier alpha value is -3.41. The molecule has 2 aromatic rings. The lowest BCUT2D eigenvalue weighted by molar-refractivity contribution is -0.127. The minimum absolute atomic E-state index is 0.0130. The minimum Gasteiger partial charge on any atom is -0.384 e. The Morgan fingerprint density at radius 2 is 1.62 bits per heavy atom. The molecule has 0 fully saturated rings. The molecule has 0 spiro atoms. The van der Waals surface area contributed by atoms with Crippen LogP contribution in [0.4, 0.5) is 0 Å². The zero-order valence-electron chi connectivity index (χ0n) is 16.3. The summed E-state index contributed by atoms with van der Waals surface area (Å²) in [7, 11) is 0. The molecule has 150 valence electrons. The fourth-order valence-electron chi connectivity index (χ4n) is 3.40. The summed E-state index contributed by atoms with van der Waals surface area (Å²) in [5.41, 5.74) is 8.59. The summed E-state index contributed by atoms with van der Waals surface area (Å²) >= 11 is 0. The molecule has 6 nitrogen and oxygen atoms in total. The van der Waals surface area contributed by atoms with Crippen LogP contribution in [0.1, 0.15) is 36.0 Å². The smallest absolute Gasteiger partial charge is 0.247 e. The molecule has 0 aromatic heterocycles. The van der Waals surface area contributed by atoms with Gasteiger partial charge >= 0.3 is 0 Å². The fourth-order valence-corrected chi connectivity index (χ4v) is 3.40. The Labute approximate surface area is 170 Å². The first-order valence-corrected chi connectivity index (χ1v) is 9.78. The van der Waals surface area contributed by atoms with E-state index in [1.165, 1.54) is 0 Å². The van der Waals surface area contributed by atoms with Gasteiger partial charge in [-0.2, -0.15) is 0 Å². The lowest BCUT2D eigenvalue weighted by Gasteiger charge is -2.23. The molecule has 0 saturated heterocycles. The molecule has 1 aliphatic carbocycles. The first kappa shape index (κ1) is 20.3. The molecule has 1 unspecified atom stereocenters. The molecule has 2 amide bonds. The van der Waals surface area contributed by atoms with Crippen LogP contribution >= 0.6 is 0 Å². The van der Waals surface area contributed by atoms with Crippen molar-refractivity contribution < 1.29 is 9.59 Å². The number of amidine groups is 1. The molecule has 0 saturated carbocycles. The van der Waals surface area contributed by atoms with Gasteiger partial charge in [0.15, 0.2) is 0 Å². The van der Waals surface area contributed by atoms with E-state index in [-0.39, 0.29) is 17.6 Å². The van der Waals surface area contributed by atoms with E-state index in [2.05, 4.69) is 10.6 Å². The maximum atomic E-state index is 12.7. The lowest BCUT2D eigenvalue weighted by Crippen LogP contribution is -2.37. The van der Waals surface area contributed by atoms with Gasteiger partial charge in [0, 0.05) is 24.2 Å². The fraction of sp³-hybridized carbons (Fsp3) is 0.261. The van der Waals surface area contributed by atoms with E-state index in [9.17, 15) is 9.59 Å². The van der Waals surface area contributed by atoms with E-state index in [1.54, 1.807) is 12.1 Å². The van der Waals surface area contributed by atoms with Crippen LogP contribution < -0.4 is 16.4 Å². The van der Waals surface area contributed by atoms with Crippen LogP contribution in [0, 0.1) is 11.3 Å². The third-order valence-electron chi connectivity index (χ3n) is 5.04. The van der Waals surface area contributed by atoms with E-state index in [0.29, 0.717) is 30.6 Å². The molecule has 2 aromatic carbocycles. The van der Waals surface area contributed by atoms with Crippen molar-refractivity contribution in [3.63, 3.8) is 0 Å². The molecule has 0 radical (unpaired) electrons. The van der Waals surface area contributed by atoms with Crippen LogP contribution in [-0.2, 0) is 22.7 Å². The van der Waals surface area contributed by atoms with Crippen molar-refractivity contribution >= 4 is 17.6 Å². The SMILES string of the molecule is N=C(N)c1ccc(CNC(=O)C2CCCC=C2C(=O)NCc2ccccc2)cc1. The van der Waals surface area contributed by atoms with Crippen molar-refractivity contribution in [1.82, 2.24) is 10.6 Å². The third kappa shape index (κ3) is 5.54. The molecule has 0 heterocycles. The second kappa shape index (κ2) is 9.68. The number of amides is 2. The van der Waals surface area contributed by atoms with Crippen LogP contribution in [0.5, 0.6) is 0 Å². The van der Waals surface area contributed by atoms with E-state index in [0.717, 1.165) is 24.0 Å². The molecule has 6 heteroatoms. The highest BCUT2D eigenvalue weighted by molar-refractivity contribution is 6.00. The van der Waals surface area contributed by atoms with Gasteiger partial charge in [0.05, 0.1) is 5.92 Å². The molecule has 3 rings (SSSR count). The van der Waals surface area contributed by atoms with Gasteiger partial charge in [0.25, 0.3) is 0 Å². The summed E-state index contributed by atoms with van der Waals surface area (Å²) in [6, 6.07) is 16.9. The number of carbonyl (C=O) groups is 2. The first-order valence-electron chi connectivity index (χ1n) is 9.78. The van der Waals surface area contributed by atoms with E-state index in [4.69, 9.17) is 11.1 Å². The quantitative estimate of drug-likeness (QED) is 0.431.